The zero-order valence-corrected chi connectivity index (χ0v) is 28.2. The van der Waals surface area contributed by atoms with E-state index in [9.17, 15) is 0 Å². The van der Waals surface area contributed by atoms with Crippen molar-refractivity contribution in [3.05, 3.63) is 157 Å². The summed E-state index contributed by atoms with van der Waals surface area (Å²) in [5, 5.41) is 10.7. The van der Waals surface area contributed by atoms with Crippen LogP contribution in [-0.4, -0.2) is 0 Å². The molecule has 8 aromatic rings. The monoisotopic (exact) mass is 638 g/mol. The molecule has 8 aromatic carbocycles. The van der Waals surface area contributed by atoms with Crippen LogP contribution in [0.4, 0.5) is 0 Å². The van der Waals surface area contributed by atoms with Crippen molar-refractivity contribution >= 4 is 43.1 Å². The molecule has 0 N–H and O–H groups in total. The lowest BCUT2D eigenvalue weighted by atomic mass is 9.43. The zero-order chi connectivity index (χ0) is 32.6. The van der Waals surface area contributed by atoms with Gasteiger partial charge in [-0.3, -0.25) is 0 Å². The fourth-order valence-corrected chi connectivity index (χ4v) is 12.3. The summed E-state index contributed by atoms with van der Waals surface area (Å²) in [6.45, 7) is 0. The first-order chi connectivity index (χ1) is 24.8. The summed E-state index contributed by atoms with van der Waals surface area (Å²) >= 11 is 0. The Bertz CT molecular complexity index is 2640. The van der Waals surface area contributed by atoms with Crippen LogP contribution in [0.1, 0.15) is 43.2 Å². The van der Waals surface area contributed by atoms with Crippen LogP contribution >= 0.6 is 0 Å². The molecule has 4 fully saturated rings. The number of hydrogen-bond acceptors (Lipinski definition) is 0. The molecular formula is C50H38. The maximum atomic E-state index is 2.73. The van der Waals surface area contributed by atoms with Crippen molar-refractivity contribution in [2.45, 2.75) is 37.5 Å². The van der Waals surface area contributed by atoms with Crippen molar-refractivity contribution in [3.8, 4) is 33.4 Å². The lowest BCUT2D eigenvalue weighted by molar-refractivity contribution is -0.0399. The second kappa shape index (κ2) is 9.95. The van der Waals surface area contributed by atoms with E-state index in [1.165, 1.54) is 109 Å². The van der Waals surface area contributed by atoms with Crippen LogP contribution in [0.2, 0.25) is 0 Å². The summed E-state index contributed by atoms with van der Waals surface area (Å²) in [4.78, 5) is 0. The Kier molecular flexibility index (Phi) is 5.49. The first-order valence-corrected chi connectivity index (χ1v) is 18.9. The van der Waals surface area contributed by atoms with Crippen molar-refractivity contribution in [2.24, 2.45) is 23.7 Å². The molecule has 5 aliphatic carbocycles. The minimum atomic E-state index is 0.120. The lowest BCUT2D eigenvalue weighted by Gasteiger charge is -2.61. The van der Waals surface area contributed by atoms with Gasteiger partial charge in [0.1, 0.15) is 0 Å². The molecule has 0 heteroatoms. The Morgan fingerprint density at radius 2 is 0.880 bits per heavy atom. The Hall–Kier alpha value is -5.20. The maximum absolute atomic E-state index is 2.73. The Morgan fingerprint density at radius 3 is 1.54 bits per heavy atom. The Labute approximate surface area is 293 Å². The molecule has 1 spiro atoms. The highest BCUT2D eigenvalue weighted by atomic mass is 14.6. The van der Waals surface area contributed by atoms with Crippen LogP contribution in [-0.2, 0) is 5.41 Å². The van der Waals surface area contributed by atoms with Gasteiger partial charge in [-0.2, -0.15) is 0 Å². The van der Waals surface area contributed by atoms with Crippen LogP contribution in [0.15, 0.2) is 146 Å². The van der Waals surface area contributed by atoms with Gasteiger partial charge in [-0.1, -0.05) is 133 Å². The Balaban J connectivity index is 1.21. The van der Waals surface area contributed by atoms with Crippen LogP contribution in [0.25, 0.3) is 76.5 Å². The van der Waals surface area contributed by atoms with E-state index in [0.717, 1.165) is 23.7 Å². The highest BCUT2D eigenvalue weighted by Gasteiger charge is 2.61. The van der Waals surface area contributed by atoms with E-state index in [2.05, 4.69) is 146 Å². The molecule has 0 heterocycles. The van der Waals surface area contributed by atoms with Crippen LogP contribution in [0.5, 0.6) is 0 Å². The predicted octanol–water partition coefficient (Wildman–Crippen LogP) is 13.4. The fourth-order valence-electron chi connectivity index (χ4n) is 12.3. The van der Waals surface area contributed by atoms with E-state index in [0.29, 0.717) is 0 Å². The molecule has 0 atom stereocenters. The van der Waals surface area contributed by atoms with Gasteiger partial charge in [0.05, 0.1) is 0 Å². The molecule has 238 valence electrons. The first kappa shape index (κ1) is 27.6. The van der Waals surface area contributed by atoms with Gasteiger partial charge in [-0.05, 0) is 156 Å². The largest absolute Gasteiger partial charge is 0.0619 e. The molecule has 13 rings (SSSR count). The quantitative estimate of drug-likeness (QED) is 0.165. The first-order valence-electron chi connectivity index (χ1n) is 18.9. The van der Waals surface area contributed by atoms with Crippen LogP contribution in [0, 0.1) is 23.7 Å². The van der Waals surface area contributed by atoms with E-state index in [-0.39, 0.29) is 5.41 Å². The van der Waals surface area contributed by atoms with Gasteiger partial charge in [-0.15, -0.1) is 0 Å². The number of rotatable bonds is 2. The molecule has 0 unspecified atom stereocenters. The molecule has 4 bridgehead atoms. The summed E-state index contributed by atoms with van der Waals surface area (Å²) in [6.07, 6.45) is 7.07. The second-order valence-electron chi connectivity index (χ2n) is 16.0. The molecule has 0 amide bonds. The Morgan fingerprint density at radius 1 is 0.360 bits per heavy atom. The normalized spacial score (nSPS) is 24.5. The van der Waals surface area contributed by atoms with E-state index < -0.39 is 0 Å². The standard InChI is InChI=1S/C50H38/c1-2-12-33-28-34(22-21-32(33)11-1)47-39-15-5-7-17-41(39)48(42-18-8-6-16-40(42)47)44-29-46-49(38-14-4-3-13-37(38)44)43-19-9-10-20-45(43)50(46)35-24-30-23-31(26-35)27-36(50)25-30/h1-22,28-31,35-36H,23-27H2. The summed E-state index contributed by atoms with van der Waals surface area (Å²) < 4.78 is 0. The van der Waals surface area contributed by atoms with Gasteiger partial charge in [0.2, 0.25) is 0 Å². The smallest absolute Gasteiger partial charge is 0.0272 e. The van der Waals surface area contributed by atoms with Crippen LogP contribution in [0.3, 0.4) is 0 Å². The highest BCUT2D eigenvalue weighted by Crippen LogP contribution is 2.70. The number of fused-ring (bicyclic) bond motifs is 8. The van der Waals surface area contributed by atoms with Crippen molar-refractivity contribution in [1.82, 2.24) is 0 Å². The van der Waals surface area contributed by atoms with Crippen molar-refractivity contribution in [3.63, 3.8) is 0 Å². The average molecular weight is 639 g/mol. The lowest BCUT2D eigenvalue weighted by Crippen LogP contribution is -2.55. The number of hydrogen-bond donors (Lipinski definition) is 0. The SMILES string of the molecule is c1ccc2c(c1)-c1c(cc(-c3c4ccccc4c(-c4ccc5ccccc5c4)c4ccccc34)c3ccccc13)C21C2CC3CC(C2)CC1C3. The molecule has 0 nitrogen and oxygen atoms in total. The fraction of sp³-hybridized carbons (Fsp3) is 0.200. The van der Waals surface area contributed by atoms with Gasteiger partial charge in [0.15, 0.2) is 0 Å². The van der Waals surface area contributed by atoms with Gasteiger partial charge in [0.25, 0.3) is 0 Å². The van der Waals surface area contributed by atoms with Gasteiger partial charge >= 0.3 is 0 Å². The van der Waals surface area contributed by atoms with Crippen molar-refractivity contribution in [1.29, 1.82) is 0 Å². The van der Waals surface area contributed by atoms with E-state index >= 15 is 0 Å². The molecule has 0 aliphatic heterocycles. The summed E-state index contributed by atoms with van der Waals surface area (Å²) in [5.41, 5.74) is 11.8. The molecule has 0 aromatic heterocycles. The van der Waals surface area contributed by atoms with E-state index in [1.54, 1.807) is 11.1 Å². The van der Waals surface area contributed by atoms with Crippen LogP contribution < -0.4 is 0 Å². The topological polar surface area (TPSA) is 0 Å². The minimum Gasteiger partial charge on any atom is -0.0619 e. The molecule has 4 saturated carbocycles. The van der Waals surface area contributed by atoms with Crippen molar-refractivity contribution in [2.75, 3.05) is 0 Å². The third-order valence-corrected chi connectivity index (χ3v) is 13.8. The summed E-state index contributed by atoms with van der Waals surface area (Å²) in [6, 6.07) is 55.9. The minimum absolute atomic E-state index is 0.120. The summed E-state index contributed by atoms with van der Waals surface area (Å²) in [7, 11) is 0. The molecule has 50 heavy (non-hydrogen) atoms. The van der Waals surface area contributed by atoms with Gasteiger partial charge < -0.3 is 0 Å². The molecule has 5 aliphatic rings. The highest BCUT2D eigenvalue weighted by molar-refractivity contribution is 6.25. The number of benzene rings is 8. The summed E-state index contributed by atoms with van der Waals surface area (Å²) in [5.74, 6) is 3.32. The van der Waals surface area contributed by atoms with Crippen molar-refractivity contribution < 1.29 is 0 Å². The maximum Gasteiger partial charge on any atom is 0.0272 e. The second-order valence-corrected chi connectivity index (χ2v) is 16.0. The molecule has 0 radical (unpaired) electrons. The zero-order valence-electron chi connectivity index (χ0n) is 28.2. The molecule has 0 saturated heterocycles. The van der Waals surface area contributed by atoms with E-state index in [1.807, 2.05) is 0 Å². The van der Waals surface area contributed by atoms with E-state index in [4.69, 9.17) is 0 Å². The molecular weight excluding hydrogens is 601 g/mol. The average Bonchev–Trinajstić information content (AvgIpc) is 3.46. The predicted molar refractivity (Wildman–Crippen MR) is 211 cm³/mol. The van der Waals surface area contributed by atoms with Gasteiger partial charge in [-0.25, -0.2) is 0 Å². The third-order valence-electron chi connectivity index (χ3n) is 13.8. The van der Waals surface area contributed by atoms with Gasteiger partial charge in [0, 0.05) is 5.41 Å². The third kappa shape index (κ3) is 3.47.